The third kappa shape index (κ3) is 8.74. The fourth-order valence-corrected chi connectivity index (χ4v) is 2.36. The molecule has 0 bridgehead atoms. The van der Waals surface area contributed by atoms with Crippen molar-refractivity contribution in [3.05, 3.63) is 64.8 Å². The highest BCUT2D eigenvalue weighted by atomic mass is 33.1. The van der Waals surface area contributed by atoms with E-state index in [-0.39, 0.29) is 0 Å². The first-order chi connectivity index (χ1) is 8.39. The molecule has 1 aromatic heterocycles. The Kier molecular flexibility index (Phi) is 8.36. The number of hydrogen-bond donors (Lipinski definition) is 2. The number of nitrogens with one attached hydrogen (secondary N) is 1. The van der Waals surface area contributed by atoms with Crippen molar-refractivity contribution in [2.24, 2.45) is 0 Å². The van der Waals surface area contributed by atoms with Crippen molar-refractivity contribution in [3.8, 4) is 5.75 Å². The standard InChI is InChI=1S/C6H6O.C4H4S.C2H3NS2/c7-6-4-2-1-3-5-6;2*1-2-4-5-3-1/h1-5,7H;1-4H;1-3H. The summed E-state index contributed by atoms with van der Waals surface area (Å²) in [6, 6.07) is 12.7. The molecule has 5 heteroatoms. The predicted octanol–water partition coefficient (Wildman–Crippen LogP) is 4.50. The minimum atomic E-state index is 0.322. The van der Waals surface area contributed by atoms with Gasteiger partial charge in [0.05, 0.1) is 0 Å². The molecule has 3 rings (SSSR count). The molecule has 1 aromatic carbocycles. The van der Waals surface area contributed by atoms with Crippen LogP contribution < -0.4 is 4.72 Å². The predicted molar refractivity (Wildman–Crippen MR) is 79.9 cm³/mol. The molecule has 1 aliphatic rings. The Morgan fingerprint density at radius 1 is 0.941 bits per heavy atom. The van der Waals surface area contributed by atoms with Gasteiger partial charge >= 0.3 is 0 Å². The first-order valence-electron chi connectivity index (χ1n) is 4.83. The van der Waals surface area contributed by atoms with E-state index in [1.807, 2.05) is 40.6 Å². The number of para-hydroxylation sites is 1. The first kappa shape index (κ1) is 14.0. The third-order valence-electron chi connectivity index (χ3n) is 1.47. The van der Waals surface area contributed by atoms with Gasteiger partial charge in [-0.1, -0.05) is 30.3 Å². The lowest BCUT2D eigenvalue weighted by Crippen LogP contribution is -1.76. The summed E-state index contributed by atoms with van der Waals surface area (Å²) in [7, 11) is 3.33. The van der Waals surface area contributed by atoms with Gasteiger partial charge in [-0.2, -0.15) is 11.3 Å². The molecule has 0 amide bonds. The first-order valence-corrected chi connectivity index (χ1v) is 7.99. The molecule has 0 aliphatic carbocycles. The van der Waals surface area contributed by atoms with Gasteiger partial charge < -0.3 is 9.83 Å². The molecule has 2 heterocycles. The molecular formula is C12H13NOS3. The molecule has 0 unspecified atom stereocenters. The monoisotopic (exact) mass is 283 g/mol. The topological polar surface area (TPSA) is 32.3 Å². The minimum absolute atomic E-state index is 0.322. The molecule has 0 saturated heterocycles. The zero-order chi connectivity index (χ0) is 12.2. The van der Waals surface area contributed by atoms with Crippen molar-refractivity contribution < 1.29 is 5.11 Å². The Morgan fingerprint density at radius 3 is 1.88 bits per heavy atom. The molecule has 1 aliphatic heterocycles. The van der Waals surface area contributed by atoms with Crippen molar-refractivity contribution in [1.82, 2.24) is 4.72 Å². The summed E-state index contributed by atoms with van der Waals surface area (Å²) in [6.45, 7) is 0. The quantitative estimate of drug-likeness (QED) is 0.551. The summed E-state index contributed by atoms with van der Waals surface area (Å²) in [4.78, 5) is 0. The van der Waals surface area contributed by atoms with Gasteiger partial charge in [-0.25, -0.2) is 0 Å². The number of thiophene rings is 1. The smallest absolute Gasteiger partial charge is 0.115 e. The van der Waals surface area contributed by atoms with Crippen LogP contribution in [0.5, 0.6) is 5.75 Å². The average molecular weight is 283 g/mol. The molecule has 2 aromatic rings. The number of hydrogen-bond acceptors (Lipinski definition) is 5. The van der Waals surface area contributed by atoms with Gasteiger partial charge in [-0.3, -0.25) is 0 Å². The molecule has 2 nitrogen and oxygen atoms in total. The lowest BCUT2D eigenvalue weighted by Gasteiger charge is -1.82. The summed E-state index contributed by atoms with van der Waals surface area (Å²) in [5, 5.41) is 14.7. The van der Waals surface area contributed by atoms with Crippen LogP contribution in [0.4, 0.5) is 0 Å². The largest absolute Gasteiger partial charge is 0.508 e. The van der Waals surface area contributed by atoms with E-state index in [2.05, 4.69) is 4.72 Å². The normalized spacial score (nSPS) is 11.5. The lowest BCUT2D eigenvalue weighted by atomic mass is 10.3. The molecule has 2 N–H and O–H groups in total. The number of rotatable bonds is 0. The van der Waals surface area contributed by atoms with Crippen LogP contribution in [0.2, 0.25) is 0 Å². The van der Waals surface area contributed by atoms with Crippen molar-refractivity contribution >= 4 is 33.1 Å². The van der Waals surface area contributed by atoms with E-state index in [4.69, 9.17) is 5.11 Å². The maximum atomic E-state index is 8.63. The molecular weight excluding hydrogens is 270 g/mol. The Morgan fingerprint density at radius 2 is 1.65 bits per heavy atom. The third-order valence-corrected chi connectivity index (χ3v) is 3.58. The molecule has 0 spiro atoms. The molecule has 0 radical (unpaired) electrons. The zero-order valence-electron chi connectivity index (χ0n) is 9.02. The van der Waals surface area contributed by atoms with Crippen LogP contribution in [-0.4, -0.2) is 5.11 Å². The fraction of sp³-hybridized carbons (Fsp3) is 0. The van der Waals surface area contributed by atoms with Crippen molar-refractivity contribution in [2.45, 2.75) is 0 Å². The lowest BCUT2D eigenvalue weighted by molar-refractivity contribution is 0.475. The highest BCUT2D eigenvalue weighted by Gasteiger charge is 1.83. The molecule has 0 saturated carbocycles. The van der Waals surface area contributed by atoms with Crippen LogP contribution in [0.1, 0.15) is 0 Å². The molecule has 0 atom stereocenters. The summed E-state index contributed by atoms with van der Waals surface area (Å²) in [5.74, 6) is 0.322. The van der Waals surface area contributed by atoms with Crippen LogP contribution >= 0.6 is 33.1 Å². The van der Waals surface area contributed by atoms with Gasteiger partial charge in [0.25, 0.3) is 0 Å². The van der Waals surface area contributed by atoms with Crippen molar-refractivity contribution in [2.75, 3.05) is 0 Å². The molecule has 90 valence electrons. The van der Waals surface area contributed by atoms with Gasteiger partial charge in [0, 0.05) is 22.6 Å². The minimum Gasteiger partial charge on any atom is -0.508 e. The van der Waals surface area contributed by atoms with Crippen LogP contribution in [0.25, 0.3) is 0 Å². The van der Waals surface area contributed by atoms with E-state index in [0.29, 0.717) is 5.75 Å². The average Bonchev–Trinajstić information content (AvgIpc) is 3.09. The number of aromatic hydroxyl groups is 1. The maximum Gasteiger partial charge on any atom is 0.115 e. The summed E-state index contributed by atoms with van der Waals surface area (Å²) in [5.41, 5.74) is 0. The SMILES string of the molecule is C1=CSSN1.Oc1ccccc1.c1ccsc1. The molecule has 0 fully saturated rings. The Balaban J connectivity index is 0.000000130. The van der Waals surface area contributed by atoms with Crippen LogP contribution in [0, 0.1) is 0 Å². The Bertz CT molecular complexity index is 366. The number of phenolic OH excluding ortho intramolecular Hbond substituents is 1. The van der Waals surface area contributed by atoms with Gasteiger partial charge in [-0.05, 0) is 33.7 Å². The second-order valence-corrected chi connectivity index (χ2v) is 5.49. The zero-order valence-corrected chi connectivity index (χ0v) is 11.5. The maximum absolute atomic E-state index is 8.63. The van der Waals surface area contributed by atoms with Crippen LogP contribution in [0.15, 0.2) is 64.8 Å². The highest BCUT2D eigenvalue weighted by Crippen LogP contribution is 2.22. The van der Waals surface area contributed by atoms with Gasteiger partial charge in [0.1, 0.15) is 5.75 Å². The Hall–Kier alpha value is -1.04. The fourth-order valence-electron chi connectivity index (χ4n) is 0.794. The highest BCUT2D eigenvalue weighted by molar-refractivity contribution is 8.77. The van der Waals surface area contributed by atoms with Gasteiger partial charge in [0.15, 0.2) is 0 Å². The van der Waals surface area contributed by atoms with E-state index in [9.17, 15) is 0 Å². The van der Waals surface area contributed by atoms with E-state index in [1.54, 1.807) is 57.4 Å². The van der Waals surface area contributed by atoms with Gasteiger partial charge in [-0.15, -0.1) is 0 Å². The van der Waals surface area contributed by atoms with E-state index < -0.39 is 0 Å². The van der Waals surface area contributed by atoms with E-state index in [0.717, 1.165) is 0 Å². The summed E-state index contributed by atoms with van der Waals surface area (Å²) < 4.78 is 2.92. The van der Waals surface area contributed by atoms with Crippen molar-refractivity contribution in [3.63, 3.8) is 0 Å². The summed E-state index contributed by atoms with van der Waals surface area (Å²) >= 11 is 1.71. The van der Waals surface area contributed by atoms with Crippen molar-refractivity contribution in [1.29, 1.82) is 0 Å². The Labute approximate surface area is 113 Å². The number of phenols is 1. The van der Waals surface area contributed by atoms with E-state index >= 15 is 0 Å². The van der Waals surface area contributed by atoms with Crippen LogP contribution in [-0.2, 0) is 0 Å². The van der Waals surface area contributed by atoms with Crippen LogP contribution in [0.3, 0.4) is 0 Å². The second kappa shape index (κ2) is 10.1. The van der Waals surface area contributed by atoms with Gasteiger partial charge in [0.2, 0.25) is 0 Å². The number of benzene rings is 1. The second-order valence-electron chi connectivity index (χ2n) is 2.73. The molecule has 17 heavy (non-hydrogen) atoms. The van der Waals surface area contributed by atoms with E-state index in [1.165, 1.54) is 0 Å². The summed E-state index contributed by atoms with van der Waals surface area (Å²) in [6.07, 6.45) is 1.91.